The van der Waals surface area contributed by atoms with E-state index in [9.17, 15) is 9.18 Å². The van der Waals surface area contributed by atoms with Crippen LogP contribution in [0.25, 0.3) is 17.0 Å². The van der Waals surface area contributed by atoms with E-state index in [-0.39, 0.29) is 23.6 Å². The number of pyridine rings is 1. The summed E-state index contributed by atoms with van der Waals surface area (Å²) in [7, 11) is 0. The molecule has 0 amide bonds. The number of Topliss-reactive ketones (excluding diaryl/α,β-unsaturated/α-hetero) is 1. The zero-order valence-electron chi connectivity index (χ0n) is 20.5. The van der Waals surface area contributed by atoms with Gasteiger partial charge in [-0.3, -0.25) is 4.79 Å². The highest BCUT2D eigenvalue weighted by atomic mass is 19.1. The quantitative estimate of drug-likeness (QED) is 0.334. The predicted octanol–water partition coefficient (Wildman–Crippen LogP) is 5.63. The van der Waals surface area contributed by atoms with Crippen molar-refractivity contribution in [2.24, 2.45) is 5.92 Å². The summed E-state index contributed by atoms with van der Waals surface area (Å²) >= 11 is 0. The van der Waals surface area contributed by atoms with Crippen molar-refractivity contribution in [3.63, 3.8) is 0 Å². The third kappa shape index (κ3) is 4.85. The molecule has 2 atom stereocenters. The van der Waals surface area contributed by atoms with Crippen molar-refractivity contribution >= 4 is 17.2 Å². The minimum atomic E-state index is -0.222. The molecule has 3 aromatic heterocycles. The number of aromatic nitrogens is 4. The SMILES string of the molecule is CCC(CC#Cc1cccc(-c2cnc3ccc(N4CCCC4c4cccc(F)c4)nn23)n1)C(C)=O. The Morgan fingerprint density at radius 1 is 1.19 bits per heavy atom. The lowest BCUT2D eigenvalue weighted by Crippen LogP contribution is -2.24. The van der Waals surface area contributed by atoms with Crippen molar-refractivity contribution < 1.29 is 9.18 Å². The van der Waals surface area contributed by atoms with Gasteiger partial charge in [-0.15, -0.1) is 5.10 Å². The lowest BCUT2D eigenvalue weighted by Gasteiger charge is -2.26. The van der Waals surface area contributed by atoms with E-state index in [1.807, 2.05) is 43.3 Å². The van der Waals surface area contributed by atoms with Gasteiger partial charge in [-0.05, 0) is 74.1 Å². The summed E-state index contributed by atoms with van der Waals surface area (Å²) in [5, 5.41) is 4.91. The third-order valence-electron chi connectivity index (χ3n) is 6.77. The largest absolute Gasteiger partial charge is 0.348 e. The summed E-state index contributed by atoms with van der Waals surface area (Å²) in [6.45, 7) is 4.47. The molecule has 5 rings (SSSR count). The molecule has 1 aromatic carbocycles. The molecule has 0 aliphatic carbocycles. The van der Waals surface area contributed by atoms with Crippen molar-refractivity contribution in [3.05, 3.63) is 77.9 Å². The van der Waals surface area contributed by atoms with Gasteiger partial charge in [0, 0.05) is 18.9 Å². The predicted molar refractivity (Wildman–Crippen MR) is 138 cm³/mol. The number of carbonyl (C=O) groups excluding carboxylic acids is 1. The van der Waals surface area contributed by atoms with Crippen molar-refractivity contribution in [2.75, 3.05) is 11.4 Å². The smallest absolute Gasteiger partial charge is 0.154 e. The molecule has 2 unspecified atom stereocenters. The Hall–Kier alpha value is -4.05. The second-order valence-corrected chi connectivity index (χ2v) is 9.14. The summed E-state index contributed by atoms with van der Waals surface area (Å²) in [4.78, 5) is 23.1. The van der Waals surface area contributed by atoms with Crippen molar-refractivity contribution in [3.8, 4) is 23.2 Å². The number of anilines is 1. The Morgan fingerprint density at radius 2 is 2.06 bits per heavy atom. The molecular weight excluding hydrogens is 453 g/mol. The number of halogens is 1. The number of ketones is 1. The number of carbonyl (C=O) groups is 1. The van der Waals surface area contributed by atoms with E-state index in [0.29, 0.717) is 12.1 Å². The van der Waals surface area contributed by atoms with Crippen LogP contribution in [0.15, 0.2) is 60.8 Å². The van der Waals surface area contributed by atoms with E-state index in [4.69, 9.17) is 10.1 Å². The van der Waals surface area contributed by atoms with E-state index < -0.39 is 0 Å². The number of imidazole rings is 1. The number of benzene rings is 1. The molecule has 0 saturated carbocycles. The highest BCUT2D eigenvalue weighted by Gasteiger charge is 2.28. The molecular formula is C29H28FN5O. The molecule has 4 aromatic rings. The average molecular weight is 482 g/mol. The zero-order valence-corrected chi connectivity index (χ0v) is 20.5. The van der Waals surface area contributed by atoms with Gasteiger partial charge in [0.15, 0.2) is 5.65 Å². The van der Waals surface area contributed by atoms with E-state index in [0.717, 1.165) is 54.2 Å². The molecule has 0 spiro atoms. The molecule has 7 heteroatoms. The van der Waals surface area contributed by atoms with E-state index in [1.54, 1.807) is 29.8 Å². The van der Waals surface area contributed by atoms with Crippen LogP contribution in [0.1, 0.15) is 56.8 Å². The van der Waals surface area contributed by atoms with Crippen LogP contribution < -0.4 is 4.90 Å². The van der Waals surface area contributed by atoms with Gasteiger partial charge in [0.2, 0.25) is 0 Å². The standard InChI is InChI=1S/C29H28FN5O/c1-3-21(20(2)36)8-5-11-24-12-6-13-25(32-24)27-19-31-28-15-16-29(33-35(27)28)34-17-7-14-26(34)22-9-4-10-23(30)18-22/h4,6,9-10,12-13,15-16,18-19,21,26H,3,7-8,14,17H2,1-2H3. The minimum absolute atomic E-state index is 0.0381. The second-order valence-electron chi connectivity index (χ2n) is 9.14. The number of hydrogen-bond donors (Lipinski definition) is 0. The van der Waals surface area contributed by atoms with E-state index in [2.05, 4.69) is 21.7 Å². The second kappa shape index (κ2) is 10.3. The maximum Gasteiger partial charge on any atom is 0.154 e. The van der Waals surface area contributed by atoms with Gasteiger partial charge in [-0.2, -0.15) is 0 Å². The zero-order chi connectivity index (χ0) is 25.1. The Bertz CT molecular complexity index is 1470. The first-order valence-corrected chi connectivity index (χ1v) is 12.4. The lowest BCUT2D eigenvalue weighted by molar-refractivity contribution is -0.120. The van der Waals surface area contributed by atoms with Gasteiger partial charge in [-0.1, -0.05) is 31.0 Å². The third-order valence-corrected chi connectivity index (χ3v) is 6.77. The molecule has 1 saturated heterocycles. The first-order chi connectivity index (χ1) is 17.5. The molecule has 1 aliphatic rings. The van der Waals surface area contributed by atoms with Crippen molar-refractivity contribution in [1.82, 2.24) is 19.6 Å². The molecule has 36 heavy (non-hydrogen) atoms. The minimum Gasteiger partial charge on any atom is -0.348 e. The van der Waals surface area contributed by atoms with E-state index in [1.165, 1.54) is 6.07 Å². The Balaban J connectivity index is 1.44. The molecule has 0 bridgehead atoms. The Morgan fingerprint density at radius 3 is 2.86 bits per heavy atom. The van der Waals surface area contributed by atoms with Gasteiger partial charge in [0.1, 0.15) is 28.8 Å². The van der Waals surface area contributed by atoms with Gasteiger partial charge in [-0.25, -0.2) is 18.9 Å². The maximum atomic E-state index is 13.9. The van der Waals surface area contributed by atoms with Crippen molar-refractivity contribution in [2.45, 2.75) is 45.6 Å². The highest BCUT2D eigenvalue weighted by Crippen LogP contribution is 2.35. The number of rotatable bonds is 6. The molecule has 0 radical (unpaired) electrons. The topological polar surface area (TPSA) is 63.4 Å². The Kier molecular flexibility index (Phi) is 6.77. The molecule has 4 heterocycles. The molecule has 6 nitrogen and oxygen atoms in total. The van der Waals surface area contributed by atoms with Crippen LogP contribution in [0.2, 0.25) is 0 Å². The molecule has 182 valence electrons. The van der Waals surface area contributed by atoms with Crippen LogP contribution >= 0.6 is 0 Å². The summed E-state index contributed by atoms with van der Waals surface area (Å²) in [6, 6.07) is 16.5. The summed E-state index contributed by atoms with van der Waals surface area (Å²) in [5.74, 6) is 6.93. The maximum absolute atomic E-state index is 13.9. The van der Waals surface area contributed by atoms with Crippen LogP contribution in [-0.4, -0.2) is 31.9 Å². The van der Waals surface area contributed by atoms with Gasteiger partial charge < -0.3 is 4.90 Å². The fourth-order valence-corrected chi connectivity index (χ4v) is 4.78. The summed E-state index contributed by atoms with van der Waals surface area (Å²) in [5.41, 5.74) is 3.82. The van der Waals surface area contributed by atoms with Crippen molar-refractivity contribution in [1.29, 1.82) is 0 Å². The monoisotopic (exact) mass is 481 g/mol. The van der Waals surface area contributed by atoms with Crippen LogP contribution in [0, 0.1) is 23.6 Å². The van der Waals surface area contributed by atoms with Gasteiger partial charge >= 0.3 is 0 Å². The molecule has 1 fully saturated rings. The summed E-state index contributed by atoms with van der Waals surface area (Å²) < 4.78 is 15.7. The average Bonchev–Trinajstić information content (AvgIpc) is 3.54. The first kappa shape index (κ1) is 23.7. The molecule has 1 aliphatic heterocycles. The summed E-state index contributed by atoms with van der Waals surface area (Å²) in [6.07, 6.45) is 5.04. The Labute approximate surface area is 210 Å². The highest BCUT2D eigenvalue weighted by molar-refractivity contribution is 5.78. The first-order valence-electron chi connectivity index (χ1n) is 12.4. The van der Waals surface area contributed by atoms with Crippen LogP contribution in [0.5, 0.6) is 0 Å². The molecule has 0 N–H and O–H groups in total. The van der Waals surface area contributed by atoms with Gasteiger partial charge in [0.25, 0.3) is 0 Å². The number of nitrogens with zero attached hydrogens (tertiary/aromatic N) is 5. The van der Waals surface area contributed by atoms with E-state index >= 15 is 0 Å². The number of hydrogen-bond acceptors (Lipinski definition) is 5. The van der Waals surface area contributed by atoms with Gasteiger partial charge in [0.05, 0.1) is 17.9 Å². The normalized spacial score (nSPS) is 16.1. The van der Waals surface area contributed by atoms with Crippen LogP contribution in [0.3, 0.4) is 0 Å². The fourth-order valence-electron chi connectivity index (χ4n) is 4.78. The fraction of sp³-hybridized carbons (Fsp3) is 0.310. The number of fused-ring (bicyclic) bond motifs is 1. The van der Waals surface area contributed by atoms with Crippen LogP contribution in [0.4, 0.5) is 10.2 Å². The lowest BCUT2D eigenvalue weighted by atomic mass is 9.99. The van der Waals surface area contributed by atoms with Crippen LogP contribution in [-0.2, 0) is 4.79 Å².